The second-order valence-corrected chi connectivity index (χ2v) is 7.48. The zero-order valence-electron chi connectivity index (χ0n) is 12.5. The van der Waals surface area contributed by atoms with Crippen LogP contribution in [0.15, 0.2) is 0 Å². The van der Waals surface area contributed by atoms with Crippen LogP contribution >= 0.6 is 12.6 Å². The Morgan fingerprint density at radius 2 is 1.75 bits per heavy atom. The SMILES string of the molecule is O=C(CC1(CS)CC1)N1CCC(CN2CCCC2)CC1. The molecular formula is C16H28N2OS. The van der Waals surface area contributed by atoms with E-state index in [1.807, 2.05) is 0 Å². The smallest absolute Gasteiger partial charge is 0.223 e. The zero-order chi connectivity index (χ0) is 14.0. The Kier molecular flexibility index (Phi) is 4.61. The number of rotatable bonds is 5. The van der Waals surface area contributed by atoms with E-state index >= 15 is 0 Å². The number of hydrogen-bond acceptors (Lipinski definition) is 3. The second kappa shape index (κ2) is 6.27. The fourth-order valence-corrected chi connectivity index (χ4v) is 4.12. The summed E-state index contributed by atoms with van der Waals surface area (Å²) < 4.78 is 0. The summed E-state index contributed by atoms with van der Waals surface area (Å²) in [4.78, 5) is 17.1. The Bertz CT molecular complexity index is 342. The van der Waals surface area contributed by atoms with E-state index in [1.165, 1.54) is 58.2 Å². The highest BCUT2D eigenvalue weighted by Gasteiger charge is 2.44. The molecule has 3 aliphatic rings. The number of piperidine rings is 1. The average Bonchev–Trinajstić information content (AvgIpc) is 3.05. The van der Waals surface area contributed by atoms with E-state index in [9.17, 15) is 4.79 Å². The first-order valence-corrected chi connectivity index (χ1v) is 8.95. The van der Waals surface area contributed by atoms with E-state index in [-0.39, 0.29) is 5.41 Å². The predicted octanol–water partition coefficient (Wildman–Crippen LogP) is 2.42. The van der Waals surface area contributed by atoms with E-state index in [0.29, 0.717) is 5.91 Å². The maximum atomic E-state index is 12.3. The van der Waals surface area contributed by atoms with Gasteiger partial charge in [-0.15, -0.1) is 0 Å². The van der Waals surface area contributed by atoms with Crippen molar-refractivity contribution in [3.8, 4) is 0 Å². The lowest BCUT2D eigenvalue weighted by Crippen LogP contribution is -2.42. The Morgan fingerprint density at radius 1 is 1.10 bits per heavy atom. The molecule has 2 saturated heterocycles. The Balaban J connectivity index is 1.40. The standard InChI is InChI=1S/C16H28N2OS/c19-15(11-16(13-20)5-6-16)18-9-3-14(4-10-18)12-17-7-1-2-8-17/h14,20H,1-13H2. The molecule has 0 radical (unpaired) electrons. The first-order valence-electron chi connectivity index (χ1n) is 8.32. The highest BCUT2D eigenvalue weighted by molar-refractivity contribution is 7.80. The van der Waals surface area contributed by atoms with Gasteiger partial charge in [-0.2, -0.15) is 12.6 Å². The van der Waals surface area contributed by atoms with Gasteiger partial charge in [0.25, 0.3) is 0 Å². The van der Waals surface area contributed by atoms with Crippen molar-refractivity contribution >= 4 is 18.5 Å². The van der Waals surface area contributed by atoms with Gasteiger partial charge in [-0.3, -0.25) is 4.79 Å². The van der Waals surface area contributed by atoms with Crippen LogP contribution in [0.5, 0.6) is 0 Å². The molecule has 3 nitrogen and oxygen atoms in total. The van der Waals surface area contributed by atoms with Crippen molar-refractivity contribution in [1.29, 1.82) is 0 Å². The minimum absolute atomic E-state index is 0.270. The molecule has 1 saturated carbocycles. The summed E-state index contributed by atoms with van der Waals surface area (Å²) in [6, 6.07) is 0. The maximum absolute atomic E-state index is 12.3. The van der Waals surface area contributed by atoms with Crippen molar-refractivity contribution < 1.29 is 4.79 Å². The van der Waals surface area contributed by atoms with Crippen LogP contribution in [0.1, 0.15) is 44.9 Å². The van der Waals surface area contributed by atoms with Gasteiger partial charge < -0.3 is 9.80 Å². The summed E-state index contributed by atoms with van der Waals surface area (Å²) in [6.07, 6.45) is 8.31. The molecule has 2 heterocycles. The molecule has 0 N–H and O–H groups in total. The number of carbonyl (C=O) groups is 1. The maximum Gasteiger partial charge on any atom is 0.223 e. The van der Waals surface area contributed by atoms with Crippen molar-refractivity contribution in [3.63, 3.8) is 0 Å². The van der Waals surface area contributed by atoms with Crippen LogP contribution in [0, 0.1) is 11.3 Å². The monoisotopic (exact) mass is 296 g/mol. The molecule has 0 atom stereocenters. The molecule has 0 unspecified atom stereocenters. The number of amides is 1. The largest absolute Gasteiger partial charge is 0.343 e. The third kappa shape index (κ3) is 3.51. The topological polar surface area (TPSA) is 23.6 Å². The van der Waals surface area contributed by atoms with Gasteiger partial charge in [-0.1, -0.05) is 0 Å². The lowest BCUT2D eigenvalue weighted by atomic mass is 9.95. The number of thiol groups is 1. The molecule has 0 bridgehead atoms. The first kappa shape index (κ1) is 14.7. The predicted molar refractivity (Wildman–Crippen MR) is 85.1 cm³/mol. The van der Waals surface area contributed by atoms with E-state index in [0.717, 1.165) is 31.2 Å². The number of likely N-dealkylation sites (tertiary alicyclic amines) is 2. The molecule has 114 valence electrons. The van der Waals surface area contributed by atoms with E-state index in [1.54, 1.807) is 0 Å². The molecule has 0 aromatic rings. The van der Waals surface area contributed by atoms with Crippen molar-refractivity contribution in [2.24, 2.45) is 11.3 Å². The van der Waals surface area contributed by atoms with Crippen LogP contribution < -0.4 is 0 Å². The lowest BCUT2D eigenvalue weighted by Gasteiger charge is -2.34. The van der Waals surface area contributed by atoms with Gasteiger partial charge in [0, 0.05) is 26.1 Å². The fraction of sp³-hybridized carbons (Fsp3) is 0.938. The van der Waals surface area contributed by atoms with Crippen molar-refractivity contribution in [2.45, 2.75) is 44.9 Å². The molecular weight excluding hydrogens is 268 g/mol. The Morgan fingerprint density at radius 3 is 2.30 bits per heavy atom. The average molecular weight is 296 g/mol. The van der Waals surface area contributed by atoms with Gasteiger partial charge in [-0.25, -0.2) is 0 Å². The van der Waals surface area contributed by atoms with Crippen LogP contribution in [0.3, 0.4) is 0 Å². The van der Waals surface area contributed by atoms with Crippen LogP contribution in [-0.2, 0) is 4.79 Å². The molecule has 4 heteroatoms. The van der Waals surface area contributed by atoms with Gasteiger partial charge in [0.05, 0.1) is 0 Å². The van der Waals surface area contributed by atoms with Crippen molar-refractivity contribution in [1.82, 2.24) is 9.80 Å². The van der Waals surface area contributed by atoms with E-state index in [2.05, 4.69) is 22.4 Å². The fourth-order valence-electron chi connectivity index (χ4n) is 3.70. The molecule has 0 aromatic heterocycles. The lowest BCUT2D eigenvalue weighted by molar-refractivity contribution is -0.133. The molecule has 20 heavy (non-hydrogen) atoms. The first-order chi connectivity index (χ1) is 9.71. The molecule has 1 amide bonds. The summed E-state index contributed by atoms with van der Waals surface area (Å²) in [6.45, 7) is 5.83. The van der Waals surface area contributed by atoms with Crippen molar-refractivity contribution in [3.05, 3.63) is 0 Å². The van der Waals surface area contributed by atoms with Crippen molar-refractivity contribution in [2.75, 3.05) is 38.5 Å². The van der Waals surface area contributed by atoms with Crippen LogP contribution in [0.25, 0.3) is 0 Å². The number of carbonyl (C=O) groups excluding carboxylic acids is 1. The second-order valence-electron chi connectivity index (χ2n) is 7.17. The van der Waals surface area contributed by atoms with Gasteiger partial charge in [0.15, 0.2) is 0 Å². The van der Waals surface area contributed by atoms with Crippen LogP contribution in [0.2, 0.25) is 0 Å². The molecule has 3 rings (SSSR count). The Labute approximate surface area is 128 Å². The summed E-state index contributed by atoms with van der Waals surface area (Å²) in [5.41, 5.74) is 0.270. The van der Waals surface area contributed by atoms with Gasteiger partial charge in [-0.05, 0) is 68.7 Å². The number of nitrogens with zero attached hydrogens (tertiary/aromatic N) is 2. The molecule has 0 aromatic carbocycles. The normalized spacial score (nSPS) is 26.9. The van der Waals surface area contributed by atoms with Gasteiger partial charge >= 0.3 is 0 Å². The van der Waals surface area contributed by atoms with Gasteiger partial charge in [0.2, 0.25) is 5.91 Å². The van der Waals surface area contributed by atoms with Crippen LogP contribution in [0.4, 0.5) is 0 Å². The molecule has 2 aliphatic heterocycles. The summed E-state index contributed by atoms with van der Waals surface area (Å²) in [5, 5.41) is 0. The zero-order valence-corrected chi connectivity index (χ0v) is 13.4. The summed E-state index contributed by atoms with van der Waals surface area (Å²) in [7, 11) is 0. The third-order valence-corrected chi connectivity index (χ3v) is 6.17. The quantitative estimate of drug-likeness (QED) is 0.788. The highest BCUT2D eigenvalue weighted by Crippen LogP contribution is 2.49. The van der Waals surface area contributed by atoms with Gasteiger partial charge in [0.1, 0.15) is 0 Å². The third-order valence-electron chi connectivity index (χ3n) is 5.50. The minimum atomic E-state index is 0.270. The minimum Gasteiger partial charge on any atom is -0.343 e. The van der Waals surface area contributed by atoms with Crippen LogP contribution in [-0.4, -0.2) is 54.2 Å². The highest BCUT2D eigenvalue weighted by atomic mass is 32.1. The number of hydrogen-bond donors (Lipinski definition) is 1. The molecule has 0 spiro atoms. The molecule has 3 fully saturated rings. The molecule has 1 aliphatic carbocycles. The Hall–Kier alpha value is -0.220. The summed E-state index contributed by atoms with van der Waals surface area (Å²) >= 11 is 4.41. The van der Waals surface area contributed by atoms with E-state index in [4.69, 9.17) is 0 Å². The van der Waals surface area contributed by atoms with E-state index < -0.39 is 0 Å². The summed E-state index contributed by atoms with van der Waals surface area (Å²) in [5.74, 6) is 2.08.